The van der Waals surface area contributed by atoms with Crippen molar-refractivity contribution in [3.05, 3.63) is 54.8 Å². The highest BCUT2D eigenvalue weighted by atomic mass is 35.5. The minimum atomic E-state index is -0.556. The number of rotatable bonds is 1. The van der Waals surface area contributed by atoms with Gasteiger partial charge in [0.05, 0.1) is 5.56 Å². The summed E-state index contributed by atoms with van der Waals surface area (Å²) in [6.07, 6.45) is 4.58. The second kappa shape index (κ2) is 3.81. The molecule has 0 N–H and O–H groups in total. The third-order valence-electron chi connectivity index (χ3n) is 3.49. The molecule has 0 fully saturated rings. The van der Waals surface area contributed by atoms with Gasteiger partial charge in [-0.25, -0.2) is 0 Å². The lowest BCUT2D eigenvalue weighted by Gasteiger charge is -2.17. The Hall–Kier alpha value is -1.41. The Bertz CT molecular complexity index is 663. The Morgan fingerprint density at radius 1 is 0.941 bits per heavy atom. The van der Waals surface area contributed by atoms with Crippen molar-refractivity contribution >= 4 is 11.6 Å². The van der Waals surface area contributed by atoms with Crippen LogP contribution in [0.3, 0.4) is 0 Å². The van der Waals surface area contributed by atoms with E-state index in [1.165, 1.54) is 24.0 Å². The maximum absolute atomic E-state index is 11.4. The van der Waals surface area contributed by atoms with Crippen molar-refractivity contribution in [3.8, 4) is 11.1 Å². The van der Waals surface area contributed by atoms with E-state index in [-0.39, 0.29) is 5.02 Å². The summed E-state index contributed by atoms with van der Waals surface area (Å²) < 4.78 is 0. The molecule has 2 aromatic carbocycles. The molecule has 2 nitrogen and oxygen atoms in total. The Morgan fingerprint density at radius 3 is 2.35 bits per heavy atom. The van der Waals surface area contributed by atoms with Gasteiger partial charge in [-0.15, -0.1) is 0 Å². The molecule has 0 heterocycles. The summed E-state index contributed by atoms with van der Waals surface area (Å²) in [5, 5.41) is 0.0887. The molecule has 0 unspecified atom stereocenters. The number of hydrogen-bond acceptors (Lipinski definition) is 2. The van der Waals surface area contributed by atoms with Crippen molar-refractivity contribution in [1.82, 2.24) is 0 Å². The predicted octanol–water partition coefficient (Wildman–Crippen LogP) is 2.48. The van der Waals surface area contributed by atoms with E-state index >= 15 is 0 Å². The van der Waals surface area contributed by atoms with Crippen LogP contribution in [0.4, 0.5) is 0 Å². The predicted molar refractivity (Wildman–Crippen MR) is 68.4 cm³/mol. The highest BCUT2D eigenvalue weighted by Gasteiger charge is 2.21. The van der Waals surface area contributed by atoms with Gasteiger partial charge in [-0.3, -0.25) is 9.59 Å². The van der Waals surface area contributed by atoms with E-state index in [1.807, 2.05) is 12.1 Å². The Kier molecular flexibility index (Phi) is 2.40. The van der Waals surface area contributed by atoms with Crippen LogP contribution >= 0.6 is 11.6 Å². The molecule has 3 heteroatoms. The van der Waals surface area contributed by atoms with Gasteiger partial charge in [-0.05, 0) is 42.4 Å². The molecule has 0 radical (unpaired) electrons. The summed E-state index contributed by atoms with van der Waals surface area (Å²) in [4.78, 5) is 22.5. The normalized spacial score (nSPS) is 14.9. The zero-order valence-electron chi connectivity index (χ0n) is 9.25. The molecule has 0 atom stereocenters. The first kappa shape index (κ1) is 10.7. The largest absolute Gasteiger partial charge is 0.285 e. The van der Waals surface area contributed by atoms with Gasteiger partial charge in [0.2, 0.25) is 10.9 Å². The quantitative estimate of drug-likeness (QED) is 0.725. The van der Waals surface area contributed by atoms with E-state index in [1.54, 1.807) is 0 Å². The van der Waals surface area contributed by atoms with Gasteiger partial charge in [0.25, 0.3) is 0 Å². The minimum absolute atomic E-state index is 0.0887. The number of halogens is 1. The van der Waals surface area contributed by atoms with Crippen LogP contribution in [0.25, 0.3) is 11.1 Å². The Balaban J connectivity index is 2.11. The molecule has 0 saturated carbocycles. The lowest BCUT2D eigenvalue weighted by molar-refractivity contribution is 0.686. The van der Waals surface area contributed by atoms with E-state index < -0.39 is 10.9 Å². The smallest absolute Gasteiger partial charge is 0.245 e. The summed E-state index contributed by atoms with van der Waals surface area (Å²) in [6.45, 7) is 0. The average Bonchev–Trinajstić information content (AvgIpc) is 2.38. The highest BCUT2D eigenvalue weighted by Crippen LogP contribution is 2.29. The van der Waals surface area contributed by atoms with Crippen LogP contribution in [0.1, 0.15) is 24.0 Å². The molecule has 0 aliphatic heterocycles. The van der Waals surface area contributed by atoms with Crippen LogP contribution in [0.15, 0.2) is 27.8 Å². The fourth-order valence-corrected chi connectivity index (χ4v) is 2.79. The number of aryl methyl sites for hydroxylation is 2. The van der Waals surface area contributed by atoms with E-state index in [9.17, 15) is 9.59 Å². The second-order valence-corrected chi connectivity index (χ2v) is 4.92. The van der Waals surface area contributed by atoms with Gasteiger partial charge >= 0.3 is 0 Å². The molecule has 17 heavy (non-hydrogen) atoms. The average molecular weight is 247 g/mol. The first-order chi connectivity index (χ1) is 8.18. The zero-order chi connectivity index (χ0) is 12.0. The van der Waals surface area contributed by atoms with Crippen LogP contribution in [-0.4, -0.2) is 0 Å². The third-order valence-corrected chi connectivity index (χ3v) is 3.85. The molecule has 0 bridgehead atoms. The van der Waals surface area contributed by atoms with E-state index in [2.05, 4.69) is 6.07 Å². The molecule has 0 saturated heterocycles. The summed E-state index contributed by atoms with van der Waals surface area (Å²) in [5.41, 5.74) is 2.82. The molecule has 0 amide bonds. The SMILES string of the molecule is O=c1c(Cl)c(-c2ccc3c(c2)CCCC3)c1=O. The van der Waals surface area contributed by atoms with Gasteiger partial charge < -0.3 is 0 Å². The molecule has 86 valence electrons. The fraction of sp³-hybridized carbons (Fsp3) is 0.286. The summed E-state index contributed by atoms with van der Waals surface area (Å²) in [6, 6.07) is 5.96. The Labute approximate surface area is 104 Å². The van der Waals surface area contributed by atoms with E-state index in [0.29, 0.717) is 5.56 Å². The molecule has 1 aliphatic rings. The van der Waals surface area contributed by atoms with Crippen LogP contribution < -0.4 is 10.9 Å². The van der Waals surface area contributed by atoms with E-state index in [4.69, 9.17) is 11.6 Å². The van der Waals surface area contributed by atoms with Crippen molar-refractivity contribution in [1.29, 1.82) is 0 Å². The van der Waals surface area contributed by atoms with Crippen molar-refractivity contribution in [2.75, 3.05) is 0 Å². The van der Waals surface area contributed by atoms with E-state index in [0.717, 1.165) is 18.4 Å². The monoisotopic (exact) mass is 246 g/mol. The topological polar surface area (TPSA) is 34.1 Å². The van der Waals surface area contributed by atoms with Crippen molar-refractivity contribution in [3.63, 3.8) is 0 Å². The first-order valence-corrected chi connectivity index (χ1v) is 6.17. The maximum Gasteiger partial charge on any atom is 0.245 e. The van der Waals surface area contributed by atoms with Crippen LogP contribution in [0, 0.1) is 0 Å². The molecular weight excluding hydrogens is 236 g/mol. The summed E-state index contributed by atoms with van der Waals surface area (Å²) in [7, 11) is 0. The lowest BCUT2D eigenvalue weighted by atomic mass is 9.88. The maximum atomic E-state index is 11.4. The van der Waals surface area contributed by atoms with Crippen molar-refractivity contribution in [2.24, 2.45) is 0 Å². The first-order valence-electron chi connectivity index (χ1n) is 5.79. The van der Waals surface area contributed by atoms with Gasteiger partial charge in [0.15, 0.2) is 0 Å². The molecule has 0 aromatic heterocycles. The number of fused-ring (bicyclic) bond motifs is 1. The third kappa shape index (κ3) is 1.55. The van der Waals surface area contributed by atoms with Gasteiger partial charge in [0, 0.05) is 0 Å². The van der Waals surface area contributed by atoms with Crippen LogP contribution in [-0.2, 0) is 12.8 Å². The number of benzene rings is 1. The molecular formula is C14H11ClO2. The van der Waals surface area contributed by atoms with Crippen molar-refractivity contribution < 1.29 is 0 Å². The number of hydrogen-bond donors (Lipinski definition) is 0. The van der Waals surface area contributed by atoms with Gasteiger partial charge in [0.1, 0.15) is 5.02 Å². The van der Waals surface area contributed by atoms with Gasteiger partial charge in [-0.2, -0.15) is 0 Å². The molecule has 1 aliphatic carbocycles. The summed E-state index contributed by atoms with van der Waals surface area (Å²) in [5.74, 6) is 0. The van der Waals surface area contributed by atoms with Crippen LogP contribution in [0.2, 0.25) is 5.02 Å². The molecule has 0 spiro atoms. The van der Waals surface area contributed by atoms with Gasteiger partial charge in [-0.1, -0.05) is 29.8 Å². The van der Waals surface area contributed by atoms with Crippen LogP contribution in [0.5, 0.6) is 0 Å². The fourth-order valence-electron chi connectivity index (χ4n) is 2.51. The zero-order valence-corrected chi connectivity index (χ0v) is 10.0. The summed E-state index contributed by atoms with van der Waals surface area (Å²) >= 11 is 5.79. The second-order valence-electron chi connectivity index (χ2n) is 4.54. The minimum Gasteiger partial charge on any atom is -0.285 e. The lowest BCUT2D eigenvalue weighted by Crippen LogP contribution is -2.33. The standard InChI is InChI=1S/C14H11ClO2/c15-12-11(13(16)14(12)17)10-6-5-8-3-1-2-4-9(8)7-10/h5-7H,1-4H2. The van der Waals surface area contributed by atoms with Crippen molar-refractivity contribution in [2.45, 2.75) is 25.7 Å². The highest BCUT2D eigenvalue weighted by molar-refractivity contribution is 6.34. The molecule has 2 aromatic rings. The molecule has 3 rings (SSSR count). The Morgan fingerprint density at radius 2 is 1.65 bits per heavy atom.